The van der Waals surface area contributed by atoms with Gasteiger partial charge >= 0.3 is 11.9 Å². The first-order valence-corrected chi connectivity index (χ1v) is 9.93. The number of fused-ring (bicyclic) bond motifs is 1. The van der Waals surface area contributed by atoms with Crippen molar-refractivity contribution >= 4 is 35.5 Å². The minimum absolute atomic E-state index is 0.171. The van der Waals surface area contributed by atoms with Crippen molar-refractivity contribution in [3.63, 3.8) is 0 Å². The molecule has 10 heteroatoms. The van der Waals surface area contributed by atoms with Crippen LogP contribution < -0.4 is 11.1 Å². The van der Waals surface area contributed by atoms with Gasteiger partial charge in [-0.25, -0.2) is 4.79 Å². The average molecular weight is 397 g/mol. The molecule has 2 amide bonds. The fraction of sp³-hybridized carbons (Fsp3) is 0.647. The standard InChI is InChI=1S/C17H23N3O6S/c1-9(21)26-7-10-8-27-14-11(13(22)20(14)12(10)15(23)24)19-16(25)17(18)5-3-2-4-6-17/h11,14H,2-8,18H2,1H3,(H,19,25)(H,23,24)/t11-,14-/m1/s1. The van der Waals surface area contributed by atoms with E-state index >= 15 is 0 Å². The van der Waals surface area contributed by atoms with Crippen LogP contribution in [0.25, 0.3) is 0 Å². The molecule has 1 saturated heterocycles. The Balaban J connectivity index is 1.72. The number of hydrogen-bond donors (Lipinski definition) is 3. The highest BCUT2D eigenvalue weighted by molar-refractivity contribution is 8.00. The lowest BCUT2D eigenvalue weighted by Crippen LogP contribution is -2.72. The summed E-state index contributed by atoms with van der Waals surface area (Å²) in [6, 6.07) is -0.797. The Kier molecular flexibility index (Phi) is 5.48. The van der Waals surface area contributed by atoms with Crippen molar-refractivity contribution in [2.24, 2.45) is 5.73 Å². The van der Waals surface area contributed by atoms with E-state index in [9.17, 15) is 24.3 Å². The summed E-state index contributed by atoms with van der Waals surface area (Å²) in [6.45, 7) is 1.05. The van der Waals surface area contributed by atoms with Crippen LogP contribution in [0.3, 0.4) is 0 Å². The third-order valence-electron chi connectivity index (χ3n) is 5.18. The van der Waals surface area contributed by atoms with E-state index < -0.39 is 34.8 Å². The van der Waals surface area contributed by atoms with E-state index in [0.29, 0.717) is 24.2 Å². The summed E-state index contributed by atoms with van der Waals surface area (Å²) in [5.74, 6) is -2.34. The van der Waals surface area contributed by atoms with Crippen LogP contribution >= 0.6 is 11.8 Å². The number of thioether (sulfide) groups is 1. The summed E-state index contributed by atoms with van der Waals surface area (Å²) >= 11 is 1.33. The largest absolute Gasteiger partial charge is 0.477 e. The van der Waals surface area contributed by atoms with Crippen molar-refractivity contribution in [1.82, 2.24) is 10.2 Å². The maximum atomic E-state index is 12.6. The highest BCUT2D eigenvalue weighted by Gasteiger charge is 2.55. The molecule has 0 spiro atoms. The molecule has 3 aliphatic rings. The zero-order chi connectivity index (χ0) is 19.8. The predicted molar refractivity (Wildman–Crippen MR) is 96.3 cm³/mol. The number of nitrogens with zero attached hydrogens (tertiary/aromatic N) is 1. The van der Waals surface area contributed by atoms with Gasteiger partial charge < -0.3 is 20.9 Å². The minimum Gasteiger partial charge on any atom is -0.477 e. The average Bonchev–Trinajstić information content (AvgIpc) is 2.63. The molecular weight excluding hydrogens is 374 g/mol. The van der Waals surface area contributed by atoms with Gasteiger partial charge in [-0.15, -0.1) is 11.8 Å². The summed E-state index contributed by atoms with van der Waals surface area (Å²) in [5.41, 5.74) is 5.44. The number of rotatable bonds is 5. The van der Waals surface area contributed by atoms with E-state index in [1.165, 1.54) is 18.7 Å². The van der Waals surface area contributed by atoms with E-state index in [0.717, 1.165) is 24.2 Å². The highest BCUT2D eigenvalue weighted by Crippen LogP contribution is 2.40. The Bertz CT molecular complexity index is 715. The SMILES string of the molecule is CC(=O)OCC1=C(C(=O)O)N2C(=O)[C@@H](NC(=O)C3(N)CCCCC3)[C@H]2SC1. The van der Waals surface area contributed by atoms with Crippen molar-refractivity contribution in [3.8, 4) is 0 Å². The van der Waals surface area contributed by atoms with Gasteiger partial charge in [0.2, 0.25) is 5.91 Å². The quantitative estimate of drug-likeness (QED) is 0.433. The number of carboxylic acids is 1. The smallest absolute Gasteiger partial charge is 0.352 e. The summed E-state index contributed by atoms with van der Waals surface area (Å²) in [4.78, 5) is 49.0. The normalized spacial score (nSPS) is 26.7. The molecule has 0 radical (unpaired) electrons. The zero-order valence-corrected chi connectivity index (χ0v) is 15.8. The topological polar surface area (TPSA) is 139 Å². The Morgan fingerprint density at radius 1 is 1.33 bits per heavy atom. The molecule has 0 aromatic heterocycles. The van der Waals surface area contributed by atoms with E-state index in [1.807, 2.05) is 0 Å². The van der Waals surface area contributed by atoms with Crippen LogP contribution in [0.15, 0.2) is 11.3 Å². The van der Waals surface area contributed by atoms with Gasteiger partial charge in [0.15, 0.2) is 0 Å². The fourth-order valence-electron chi connectivity index (χ4n) is 3.68. The van der Waals surface area contributed by atoms with Crippen LogP contribution in [0.1, 0.15) is 39.0 Å². The van der Waals surface area contributed by atoms with Gasteiger partial charge in [-0.1, -0.05) is 19.3 Å². The highest BCUT2D eigenvalue weighted by atomic mass is 32.2. The first-order valence-electron chi connectivity index (χ1n) is 8.88. The Morgan fingerprint density at radius 3 is 2.59 bits per heavy atom. The first kappa shape index (κ1) is 19.7. The fourth-order valence-corrected chi connectivity index (χ4v) is 5.01. The van der Waals surface area contributed by atoms with Crippen molar-refractivity contribution in [3.05, 3.63) is 11.3 Å². The van der Waals surface area contributed by atoms with Crippen LogP contribution in [0.2, 0.25) is 0 Å². The van der Waals surface area contributed by atoms with Gasteiger partial charge in [0.25, 0.3) is 5.91 Å². The molecule has 0 aromatic rings. The lowest BCUT2D eigenvalue weighted by Gasteiger charge is -2.50. The zero-order valence-electron chi connectivity index (χ0n) is 15.0. The summed E-state index contributed by atoms with van der Waals surface area (Å²) in [5, 5.41) is 11.7. The molecule has 0 aromatic carbocycles. The molecule has 2 fully saturated rings. The molecule has 27 heavy (non-hydrogen) atoms. The van der Waals surface area contributed by atoms with Crippen LogP contribution in [0.5, 0.6) is 0 Å². The maximum absolute atomic E-state index is 12.6. The van der Waals surface area contributed by atoms with Gasteiger partial charge in [-0.05, 0) is 12.8 Å². The molecule has 1 saturated carbocycles. The van der Waals surface area contributed by atoms with Crippen LogP contribution in [0, 0.1) is 0 Å². The minimum atomic E-state index is -1.26. The van der Waals surface area contributed by atoms with Crippen LogP contribution in [0.4, 0.5) is 0 Å². The molecule has 2 heterocycles. The second-order valence-electron chi connectivity index (χ2n) is 7.12. The van der Waals surface area contributed by atoms with E-state index in [-0.39, 0.29) is 18.2 Å². The van der Waals surface area contributed by atoms with Crippen LogP contribution in [-0.4, -0.2) is 63.1 Å². The van der Waals surface area contributed by atoms with Crippen molar-refractivity contribution in [1.29, 1.82) is 0 Å². The van der Waals surface area contributed by atoms with E-state index in [4.69, 9.17) is 10.5 Å². The van der Waals surface area contributed by atoms with Crippen molar-refractivity contribution in [2.75, 3.05) is 12.4 Å². The summed E-state index contributed by atoms with van der Waals surface area (Å²) < 4.78 is 4.89. The Labute approximate surface area is 160 Å². The number of amides is 2. The van der Waals surface area contributed by atoms with Gasteiger partial charge in [-0.2, -0.15) is 0 Å². The Morgan fingerprint density at radius 2 is 2.00 bits per heavy atom. The number of nitrogens with two attached hydrogens (primary N) is 1. The summed E-state index contributed by atoms with van der Waals surface area (Å²) in [6.07, 6.45) is 3.94. The number of carbonyl (C=O) groups is 4. The molecule has 0 unspecified atom stereocenters. The van der Waals surface area contributed by atoms with E-state index in [1.54, 1.807) is 0 Å². The lowest BCUT2D eigenvalue weighted by atomic mass is 9.81. The molecule has 1 aliphatic carbocycles. The third-order valence-corrected chi connectivity index (χ3v) is 6.52. The van der Waals surface area contributed by atoms with E-state index in [2.05, 4.69) is 5.32 Å². The number of carbonyl (C=O) groups excluding carboxylic acids is 3. The monoisotopic (exact) mass is 397 g/mol. The summed E-state index contributed by atoms with van der Waals surface area (Å²) in [7, 11) is 0. The molecule has 3 rings (SSSR count). The van der Waals surface area contributed by atoms with Gasteiger partial charge in [0.1, 0.15) is 23.7 Å². The molecule has 2 aliphatic heterocycles. The molecule has 2 atom stereocenters. The number of β-lactam (4-membered cyclic amide) rings is 1. The second-order valence-corrected chi connectivity index (χ2v) is 8.22. The van der Waals surface area contributed by atoms with Crippen LogP contribution in [-0.2, 0) is 23.9 Å². The number of esters is 1. The van der Waals surface area contributed by atoms with Crippen molar-refractivity contribution < 1.29 is 29.0 Å². The van der Waals surface area contributed by atoms with Gasteiger partial charge in [0.05, 0.1) is 5.54 Å². The number of nitrogens with one attached hydrogen (secondary N) is 1. The molecule has 148 valence electrons. The molecule has 0 bridgehead atoms. The molecular formula is C17H23N3O6S. The number of aliphatic carboxylic acids is 1. The third kappa shape index (κ3) is 3.68. The molecule has 9 nitrogen and oxygen atoms in total. The number of hydrogen-bond acceptors (Lipinski definition) is 7. The predicted octanol–water partition coefficient (Wildman–Crippen LogP) is -0.0503. The Hall–Kier alpha value is -2.07. The van der Waals surface area contributed by atoms with Gasteiger partial charge in [-0.3, -0.25) is 19.3 Å². The second kappa shape index (κ2) is 7.51. The van der Waals surface area contributed by atoms with Crippen molar-refractivity contribution in [2.45, 2.75) is 56.0 Å². The van der Waals surface area contributed by atoms with Gasteiger partial charge in [0, 0.05) is 18.2 Å². The molecule has 4 N–H and O–H groups in total. The first-order chi connectivity index (χ1) is 12.7. The number of ether oxygens (including phenoxy) is 1. The lowest BCUT2D eigenvalue weighted by molar-refractivity contribution is -0.151. The number of carboxylic acid groups (broad SMARTS) is 1. The maximum Gasteiger partial charge on any atom is 0.352 e.